The van der Waals surface area contributed by atoms with Crippen LogP contribution in [0.2, 0.25) is 0 Å². The highest BCUT2D eigenvalue weighted by molar-refractivity contribution is 6.04. The topological polar surface area (TPSA) is 49.4 Å². The number of rotatable bonds is 10. The largest absolute Gasteiger partial charge is 0.273 e. The molecular weight excluding hydrogens is 276 g/mol. The van der Waals surface area contributed by atoms with Crippen LogP contribution < -0.4 is 5.43 Å². The summed E-state index contributed by atoms with van der Waals surface area (Å²) in [4.78, 5) is 24.9. The first kappa shape index (κ1) is 19.1. The maximum Gasteiger partial charge on any atom is 0.248 e. The van der Waals surface area contributed by atoms with Gasteiger partial charge in [-0.15, -0.1) is 0 Å². The summed E-state index contributed by atoms with van der Waals surface area (Å²) in [5.74, 6) is -0.542. The second kappa shape index (κ2) is 8.66. The molecule has 1 aliphatic rings. The van der Waals surface area contributed by atoms with Crippen molar-refractivity contribution in [1.82, 2.24) is 10.4 Å². The highest BCUT2D eigenvalue weighted by Gasteiger charge is 2.51. The van der Waals surface area contributed by atoms with Crippen LogP contribution in [-0.4, -0.2) is 23.4 Å². The predicted octanol–water partition coefficient (Wildman–Crippen LogP) is 3.91. The second-order valence-electron chi connectivity index (χ2n) is 7.30. The summed E-state index contributed by atoms with van der Waals surface area (Å²) in [6.45, 7) is 11.0. The number of amides is 2. The van der Waals surface area contributed by atoms with Crippen LogP contribution in [0.25, 0.3) is 0 Å². The standard InChI is InChI=1S/C18H34N2O2/c1-6-8-9-10-11-12-13-19-20-16(21)14(3)15(17(20)22)18(4,5)7-2/h14-15,19H,6-13H2,1-5H3. The molecule has 128 valence electrons. The number of imide groups is 1. The van der Waals surface area contributed by atoms with Gasteiger partial charge in [-0.1, -0.05) is 73.1 Å². The quantitative estimate of drug-likeness (QED) is 0.491. The molecule has 0 saturated carbocycles. The van der Waals surface area contributed by atoms with Crippen LogP contribution in [-0.2, 0) is 9.59 Å². The van der Waals surface area contributed by atoms with Gasteiger partial charge in [-0.2, -0.15) is 0 Å². The van der Waals surface area contributed by atoms with E-state index in [1.54, 1.807) is 0 Å². The molecule has 22 heavy (non-hydrogen) atoms. The number of unbranched alkanes of at least 4 members (excludes halogenated alkanes) is 5. The Labute approximate surface area is 136 Å². The Morgan fingerprint density at radius 1 is 1.00 bits per heavy atom. The van der Waals surface area contributed by atoms with E-state index < -0.39 is 0 Å². The van der Waals surface area contributed by atoms with Gasteiger partial charge in [-0.25, -0.2) is 10.4 Å². The molecular formula is C18H34N2O2. The number of nitrogens with zero attached hydrogens (tertiary/aromatic N) is 1. The fourth-order valence-electron chi connectivity index (χ4n) is 3.29. The zero-order valence-electron chi connectivity index (χ0n) is 15.1. The minimum absolute atomic E-state index is 0.0460. The molecule has 0 aromatic carbocycles. The molecule has 1 heterocycles. The second-order valence-corrected chi connectivity index (χ2v) is 7.30. The smallest absolute Gasteiger partial charge is 0.248 e. The van der Waals surface area contributed by atoms with Gasteiger partial charge in [-0.3, -0.25) is 9.59 Å². The zero-order valence-corrected chi connectivity index (χ0v) is 15.1. The third-order valence-electron chi connectivity index (χ3n) is 5.15. The maximum absolute atomic E-state index is 12.6. The van der Waals surface area contributed by atoms with Crippen molar-refractivity contribution in [2.24, 2.45) is 17.3 Å². The molecule has 4 heteroatoms. The fourth-order valence-corrected chi connectivity index (χ4v) is 3.29. The van der Waals surface area contributed by atoms with Gasteiger partial charge in [-0.05, 0) is 11.8 Å². The highest BCUT2D eigenvalue weighted by atomic mass is 16.2. The van der Waals surface area contributed by atoms with E-state index in [4.69, 9.17) is 0 Å². The molecule has 0 aromatic rings. The maximum atomic E-state index is 12.6. The lowest BCUT2D eigenvalue weighted by molar-refractivity contribution is -0.144. The van der Waals surface area contributed by atoms with Gasteiger partial charge in [0.2, 0.25) is 11.8 Å². The first-order valence-corrected chi connectivity index (χ1v) is 8.98. The van der Waals surface area contributed by atoms with Crippen LogP contribution in [0.3, 0.4) is 0 Å². The van der Waals surface area contributed by atoms with Crippen molar-refractivity contribution >= 4 is 11.8 Å². The molecule has 1 rings (SSSR count). The van der Waals surface area contributed by atoms with Crippen molar-refractivity contribution in [1.29, 1.82) is 0 Å². The van der Waals surface area contributed by atoms with Gasteiger partial charge in [0.05, 0.1) is 5.92 Å². The number of carbonyl (C=O) groups excluding carboxylic acids is 2. The molecule has 2 unspecified atom stereocenters. The number of hydrogen-bond donors (Lipinski definition) is 1. The summed E-state index contributed by atoms with van der Waals surface area (Å²) in [6, 6.07) is 0. The van der Waals surface area contributed by atoms with E-state index >= 15 is 0 Å². The van der Waals surface area contributed by atoms with Crippen LogP contribution in [0, 0.1) is 17.3 Å². The minimum Gasteiger partial charge on any atom is -0.273 e. The lowest BCUT2D eigenvalue weighted by Gasteiger charge is -2.30. The van der Waals surface area contributed by atoms with Crippen molar-refractivity contribution in [3.63, 3.8) is 0 Å². The molecule has 4 nitrogen and oxygen atoms in total. The van der Waals surface area contributed by atoms with Gasteiger partial charge < -0.3 is 0 Å². The van der Waals surface area contributed by atoms with E-state index in [2.05, 4.69) is 33.1 Å². The summed E-state index contributed by atoms with van der Waals surface area (Å²) in [5.41, 5.74) is 2.93. The molecule has 0 spiro atoms. The van der Waals surface area contributed by atoms with Gasteiger partial charge in [0, 0.05) is 12.5 Å². The molecule has 0 aromatic heterocycles. The number of carbonyl (C=O) groups is 2. The van der Waals surface area contributed by atoms with Crippen molar-refractivity contribution in [3.8, 4) is 0 Å². The van der Waals surface area contributed by atoms with Crippen molar-refractivity contribution in [3.05, 3.63) is 0 Å². The van der Waals surface area contributed by atoms with Gasteiger partial charge in [0.15, 0.2) is 0 Å². The summed E-state index contributed by atoms with van der Waals surface area (Å²) in [6.07, 6.45) is 8.12. The Morgan fingerprint density at radius 3 is 2.18 bits per heavy atom. The van der Waals surface area contributed by atoms with Crippen LogP contribution in [0.4, 0.5) is 0 Å². The Bertz CT molecular complexity index is 379. The zero-order chi connectivity index (χ0) is 16.8. The monoisotopic (exact) mass is 310 g/mol. The number of nitrogens with one attached hydrogen (secondary N) is 1. The Hall–Kier alpha value is -0.900. The summed E-state index contributed by atoms with van der Waals surface area (Å²) in [7, 11) is 0. The average Bonchev–Trinajstić information content (AvgIpc) is 2.69. The van der Waals surface area contributed by atoms with E-state index in [-0.39, 0.29) is 29.1 Å². The molecule has 0 radical (unpaired) electrons. The SMILES string of the molecule is CCCCCCCCNN1C(=O)C(C)C(C(C)(C)CC)C1=O. The van der Waals surface area contributed by atoms with E-state index in [1.807, 2.05) is 6.92 Å². The van der Waals surface area contributed by atoms with E-state index in [1.165, 1.54) is 30.7 Å². The average molecular weight is 310 g/mol. The summed E-state index contributed by atoms with van der Waals surface area (Å²) in [5, 5.41) is 1.29. The van der Waals surface area contributed by atoms with E-state index in [0.29, 0.717) is 6.54 Å². The number of hydrogen-bond acceptors (Lipinski definition) is 3. The van der Waals surface area contributed by atoms with E-state index in [9.17, 15) is 9.59 Å². The first-order valence-electron chi connectivity index (χ1n) is 8.98. The molecule has 1 saturated heterocycles. The Kier molecular flexibility index (Phi) is 7.54. The molecule has 1 fully saturated rings. The lowest BCUT2D eigenvalue weighted by Crippen LogP contribution is -2.44. The van der Waals surface area contributed by atoms with Crippen LogP contribution in [0.15, 0.2) is 0 Å². The lowest BCUT2D eigenvalue weighted by atomic mass is 9.72. The third-order valence-corrected chi connectivity index (χ3v) is 5.15. The normalized spacial score (nSPS) is 22.7. The van der Waals surface area contributed by atoms with E-state index in [0.717, 1.165) is 19.3 Å². The minimum atomic E-state index is -0.223. The molecule has 0 bridgehead atoms. The fraction of sp³-hybridized carbons (Fsp3) is 0.889. The third kappa shape index (κ3) is 4.55. The van der Waals surface area contributed by atoms with Crippen LogP contribution in [0.5, 0.6) is 0 Å². The van der Waals surface area contributed by atoms with Crippen molar-refractivity contribution in [2.75, 3.05) is 6.54 Å². The summed E-state index contributed by atoms with van der Waals surface area (Å²) >= 11 is 0. The summed E-state index contributed by atoms with van der Waals surface area (Å²) < 4.78 is 0. The molecule has 0 aliphatic carbocycles. The molecule has 2 amide bonds. The molecule has 1 aliphatic heterocycles. The van der Waals surface area contributed by atoms with Gasteiger partial charge in [0.1, 0.15) is 0 Å². The first-order chi connectivity index (χ1) is 10.4. The Balaban J connectivity index is 2.45. The molecule has 2 atom stereocenters. The highest BCUT2D eigenvalue weighted by Crippen LogP contribution is 2.41. The van der Waals surface area contributed by atoms with Crippen LogP contribution >= 0.6 is 0 Å². The molecule has 1 N–H and O–H groups in total. The Morgan fingerprint density at radius 2 is 1.59 bits per heavy atom. The van der Waals surface area contributed by atoms with Crippen molar-refractivity contribution < 1.29 is 9.59 Å². The predicted molar refractivity (Wildman–Crippen MR) is 90.0 cm³/mol. The number of hydrazine groups is 1. The van der Waals surface area contributed by atoms with Crippen LogP contribution in [0.1, 0.15) is 79.6 Å². The van der Waals surface area contributed by atoms with Gasteiger partial charge in [0.25, 0.3) is 0 Å². The van der Waals surface area contributed by atoms with Crippen molar-refractivity contribution in [2.45, 2.75) is 79.6 Å². The van der Waals surface area contributed by atoms with Gasteiger partial charge >= 0.3 is 0 Å².